The highest BCUT2D eigenvalue weighted by Gasteiger charge is 2.37. The van der Waals surface area contributed by atoms with Gasteiger partial charge in [0.05, 0.1) is 11.8 Å². The average Bonchev–Trinajstić information content (AvgIpc) is 2.75. The first-order valence-electron chi connectivity index (χ1n) is 5.66. The Kier molecular flexibility index (Phi) is 6.00. The van der Waals surface area contributed by atoms with E-state index in [2.05, 4.69) is 24.4 Å². The van der Waals surface area contributed by atoms with Crippen LogP contribution in [0.1, 0.15) is 6.42 Å². The van der Waals surface area contributed by atoms with Crippen molar-refractivity contribution >= 4 is 24.4 Å². The molecule has 0 spiro atoms. The molecular weight excluding hydrogens is 254 g/mol. The molecule has 0 aromatic rings. The van der Waals surface area contributed by atoms with E-state index in [0.717, 1.165) is 0 Å². The van der Waals surface area contributed by atoms with E-state index < -0.39 is 6.09 Å². The predicted molar refractivity (Wildman–Crippen MR) is 72.9 cm³/mol. The lowest BCUT2D eigenvalue weighted by Gasteiger charge is -2.23. The SMILES string of the molecule is C=CCOC(=O)N1C[C@@H](S)C[C@H]1/C(CN)=N/OC. The molecule has 0 bridgehead atoms. The summed E-state index contributed by atoms with van der Waals surface area (Å²) in [6.07, 6.45) is 1.80. The van der Waals surface area contributed by atoms with Gasteiger partial charge in [-0.05, 0) is 6.42 Å². The zero-order valence-electron chi connectivity index (χ0n) is 10.4. The summed E-state index contributed by atoms with van der Waals surface area (Å²) in [5, 5.41) is 3.94. The number of carbonyl (C=O) groups is 1. The van der Waals surface area contributed by atoms with E-state index in [1.54, 1.807) is 4.90 Å². The number of hydrogen-bond acceptors (Lipinski definition) is 6. The number of amides is 1. The normalized spacial score (nSPS) is 23.9. The molecule has 1 saturated heterocycles. The van der Waals surface area contributed by atoms with Crippen molar-refractivity contribution < 1.29 is 14.4 Å². The summed E-state index contributed by atoms with van der Waals surface area (Å²) in [5.41, 5.74) is 6.23. The summed E-state index contributed by atoms with van der Waals surface area (Å²) in [4.78, 5) is 18.2. The van der Waals surface area contributed by atoms with Gasteiger partial charge in [-0.1, -0.05) is 17.8 Å². The van der Waals surface area contributed by atoms with Crippen LogP contribution in [-0.2, 0) is 9.57 Å². The third-order valence-corrected chi connectivity index (χ3v) is 3.01. The minimum atomic E-state index is -0.409. The fourth-order valence-electron chi connectivity index (χ4n) is 1.90. The van der Waals surface area contributed by atoms with Crippen LogP contribution in [0.15, 0.2) is 17.8 Å². The van der Waals surface area contributed by atoms with E-state index in [1.165, 1.54) is 13.2 Å². The Balaban J connectivity index is 2.77. The topological polar surface area (TPSA) is 77.2 Å². The second-order valence-electron chi connectivity index (χ2n) is 3.89. The third kappa shape index (κ3) is 3.64. The van der Waals surface area contributed by atoms with Crippen molar-refractivity contribution in [3.05, 3.63) is 12.7 Å². The molecule has 0 aromatic carbocycles. The second kappa shape index (κ2) is 7.27. The zero-order valence-corrected chi connectivity index (χ0v) is 11.3. The lowest BCUT2D eigenvalue weighted by atomic mass is 10.1. The first kappa shape index (κ1) is 14.8. The van der Waals surface area contributed by atoms with E-state index in [9.17, 15) is 4.79 Å². The minimum absolute atomic E-state index is 0.0832. The van der Waals surface area contributed by atoms with Gasteiger partial charge < -0.3 is 15.3 Å². The minimum Gasteiger partial charge on any atom is -0.445 e. The van der Waals surface area contributed by atoms with Crippen LogP contribution >= 0.6 is 12.6 Å². The molecule has 1 aliphatic heterocycles. The van der Waals surface area contributed by atoms with Gasteiger partial charge in [-0.25, -0.2) is 4.79 Å². The number of rotatable bonds is 5. The van der Waals surface area contributed by atoms with Crippen molar-refractivity contribution in [2.75, 3.05) is 26.8 Å². The molecule has 1 fully saturated rings. The summed E-state index contributed by atoms with van der Waals surface area (Å²) in [6, 6.07) is -0.213. The molecule has 6 nitrogen and oxygen atoms in total. The fraction of sp³-hybridized carbons (Fsp3) is 0.636. The number of nitrogens with zero attached hydrogens (tertiary/aromatic N) is 2. The third-order valence-electron chi connectivity index (χ3n) is 2.64. The molecule has 0 unspecified atom stereocenters. The van der Waals surface area contributed by atoms with Gasteiger partial charge in [-0.15, -0.1) is 0 Å². The van der Waals surface area contributed by atoms with Crippen LogP contribution in [0.3, 0.4) is 0 Å². The molecule has 0 aliphatic carbocycles. The van der Waals surface area contributed by atoms with E-state index >= 15 is 0 Å². The van der Waals surface area contributed by atoms with Crippen molar-refractivity contribution in [3.63, 3.8) is 0 Å². The van der Waals surface area contributed by atoms with E-state index in [-0.39, 0.29) is 24.4 Å². The Labute approximate surface area is 112 Å². The maximum Gasteiger partial charge on any atom is 0.410 e. The highest BCUT2D eigenvalue weighted by molar-refractivity contribution is 7.81. The Morgan fingerprint density at radius 3 is 3.00 bits per heavy atom. The van der Waals surface area contributed by atoms with Crippen molar-refractivity contribution in [1.82, 2.24) is 4.90 Å². The number of oxime groups is 1. The van der Waals surface area contributed by atoms with Crippen molar-refractivity contribution in [1.29, 1.82) is 0 Å². The number of likely N-dealkylation sites (tertiary alicyclic amines) is 1. The molecule has 7 heteroatoms. The van der Waals surface area contributed by atoms with Crippen LogP contribution in [-0.4, -0.2) is 54.8 Å². The maximum atomic E-state index is 11.9. The summed E-state index contributed by atoms with van der Waals surface area (Å²) in [5.74, 6) is 0. The van der Waals surface area contributed by atoms with Gasteiger partial charge in [0.25, 0.3) is 0 Å². The van der Waals surface area contributed by atoms with Crippen LogP contribution in [0.25, 0.3) is 0 Å². The molecule has 1 rings (SSSR count). The first-order valence-corrected chi connectivity index (χ1v) is 6.18. The summed E-state index contributed by atoms with van der Waals surface area (Å²) in [6.45, 7) is 4.41. The molecule has 1 heterocycles. The van der Waals surface area contributed by atoms with Gasteiger partial charge >= 0.3 is 6.09 Å². The van der Waals surface area contributed by atoms with Crippen LogP contribution in [0.2, 0.25) is 0 Å². The molecule has 2 N–H and O–H groups in total. The summed E-state index contributed by atoms with van der Waals surface area (Å²) in [7, 11) is 1.45. The molecule has 0 saturated carbocycles. The molecule has 1 amide bonds. The first-order chi connectivity index (χ1) is 8.63. The number of thiol groups is 1. The molecule has 0 aromatic heterocycles. The highest BCUT2D eigenvalue weighted by atomic mass is 32.1. The summed E-state index contributed by atoms with van der Waals surface area (Å²) >= 11 is 4.39. The standard InChI is InChI=1S/C11H19N3O3S/c1-3-4-17-11(15)14-7-8(18)5-10(14)9(6-12)13-16-2/h3,8,10,18H,1,4-7,12H2,2H3/b13-9+/t8-,10-/m0/s1. The molecule has 1 aliphatic rings. The lowest BCUT2D eigenvalue weighted by Crippen LogP contribution is -2.43. The van der Waals surface area contributed by atoms with E-state index in [1.807, 2.05) is 0 Å². The Morgan fingerprint density at radius 1 is 1.72 bits per heavy atom. The van der Waals surface area contributed by atoms with Gasteiger partial charge in [0.15, 0.2) is 0 Å². The van der Waals surface area contributed by atoms with Crippen LogP contribution < -0.4 is 5.73 Å². The average molecular weight is 273 g/mol. The number of nitrogens with two attached hydrogens (primary N) is 1. The van der Waals surface area contributed by atoms with Gasteiger partial charge in [-0.2, -0.15) is 12.6 Å². The van der Waals surface area contributed by atoms with Gasteiger partial charge in [0, 0.05) is 18.3 Å². The maximum absolute atomic E-state index is 11.9. The van der Waals surface area contributed by atoms with Gasteiger partial charge in [0.2, 0.25) is 0 Å². The van der Waals surface area contributed by atoms with E-state index in [4.69, 9.17) is 15.3 Å². The fourth-order valence-corrected chi connectivity index (χ4v) is 2.27. The van der Waals surface area contributed by atoms with Crippen molar-refractivity contribution in [2.45, 2.75) is 17.7 Å². The Hall–Kier alpha value is -1.21. The van der Waals surface area contributed by atoms with Crippen LogP contribution in [0, 0.1) is 0 Å². The van der Waals surface area contributed by atoms with Gasteiger partial charge in [0.1, 0.15) is 13.7 Å². The molecule has 0 radical (unpaired) electrons. The summed E-state index contributed by atoms with van der Waals surface area (Å²) < 4.78 is 5.02. The predicted octanol–water partition coefficient (Wildman–Crippen LogP) is 0.643. The number of ether oxygens (including phenoxy) is 1. The van der Waals surface area contributed by atoms with Crippen molar-refractivity contribution in [2.24, 2.45) is 10.9 Å². The quantitative estimate of drug-likeness (QED) is 0.333. The Bertz CT molecular complexity index is 335. The Morgan fingerprint density at radius 2 is 2.44 bits per heavy atom. The lowest BCUT2D eigenvalue weighted by molar-refractivity contribution is 0.115. The zero-order chi connectivity index (χ0) is 13.5. The highest BCUT2D eigenvalue weighted by Crippen LogP contribution is 2.23. The number of carbonyl (C=O) groups excluding carboxylic acids is 1. The van der Waals surface area contributed by atoms with E-state index in [0.29, 0.717) is 18.7 Å². The molecule has 18 heavy (non-hydrogen) atoms. The van der Waals surface area contributed by atoms with Gasteiger partial charge in [-0.3, -0.25) is 4.90 Å². The largest absolute Gasteiger partial charge is 0.445 e. The second-order valence-corrected chi connectivity index (χ2v) is 4.62. The number of hydrogen-bond donors (Lipinski definition) is 2. The molecular formula is C11H19N3O3S. The molecule has 102 valence electrons. The monoisotopic (exact) mass is 273 g/mol. The van der Waals surface area contributed by atoms with Crippen LogP contribution in [0.4, 0.5) is 4.79 Å². The molecule has 2 atom stereocenters. The van der Waals surface area contributed by atoms with Crippen LogP contribution in [0.5, 0.6) is 0 Å². The van der Waals surface area contributed by atoms with Crippen molar-refractivity contribution in [3.8, 4) is 0 Å². The smallest absolute Gasteiger partial charge is 0.410 e.